The maximum absolute atomic E-state index is 5.42. The summed E-state index contributed by atoms with van der Waals surface area (Å²) in [6, 6.07) is 9.80. The number of fused-ring (bicyclic) bond motifs is 1. The standard InChI is InChI=1S/C15H15N5O/c1-20-12-7-8-16-9-11(12)13(18-20)15-17-14(19-21-15)10-5-3-2-4-6-10/h2-6,16H,7-9H2,1H3. The zero-order valence-electron chi connectivity index (χ0n) is 11.7. The fourth-order valence-corrected chi connectivity index (χ4v) is 2.72. The Balaban J connectivity index is 1.77. The summed E-state index contributed by atoms with van der Waals surface area (Å²) >= 11 is 0. The van der Waals surface area contributed by atoms with Gasteiger partial charge in [-0.1, -0.05) is 35.5 Å². The molecule has 1 aromatic carbocycles. The van der Waals surface area contributed by atoms with Crippen LogP contribution in [0.1, 0.15) is 11.3 Å². The maximum Gasteiger partial charge on any atom is 0.279 e. The summed E-state index contributed by atoms with van der Waals surface area (Å²) < 4.78 is 7.33. The zero-order valence-corrected chi connectivity index (χ0v) is 11.7. The second-order valence-electron chi connectivity index (χ2n) is 5.11. The number of rotatable bonds is 2. The number of hydrogen-bond acceptors (Lipinski definition) is 5. The van der Waals surface area contributed by atoms with Crippen LogP contribution in [0.25, 0.3) is 23.0 Å². The van der Waals surface area contributed by atoms with Crippen LogP contribution in [0.4, 0.5) is 0 Å². The van der Waals surface area contributed by atoms with Gasteiger partial charge in [-0.25, -0.2) is 0 Å². The Morgan fingerprint density at radius 2 is 2.10 bits per heavy atom. The van der Waals surface area contributed by atoms with Crippen LogP contribution < -0.4 is 5.32 Å². The lowest BCUT2D eigenvalue weighted by Gasteiger charge is -2.13. The molecule has 1 aliphatic rings. The van der Waals surface area contributed by atoms with Gasteiger partial charge < -0.3 is 9.84 Å². The smallest absolute Gasteiger partial charge is 0.279 e. The second-order valence-corrected chi connectivity index (χ2v) is 5.11. The fourth-order valence-electron chi connectivity index (χ4n) is 2.72. The van der Waals surface area contributed by atoms with Crippen molar-refractivity contribution in [3.63, 3.8) is 0 Å². The molecule has 0 radical (unpaired) electrons. The van der Waals surface area contributed by atoms with Crippen LogP contribution in [-0.4, -0.2) is 26.5 Å². The van der Waals surface area contributed by atoms with E-state index in [2.05, 4.69) is 20.6 Å². The Bertz CT molecular complexity index is 775. The van der Waals surface area contributed by atoms with Crippen LogP contribution in [0, 0.1) is 0 Å². The highest BCUT2D eigenvalue weighted by molar-refractivity contribution is 5.60. The molecular formula is C15H15N5O. The lowest BCUT2D eigenvalue weighted by Crippen LogP contribution is -2.24. The number of nitrogens with zero attached hydrogens (tertiary/aromatic N) is 4. The first-order valence-electron chi connectivity index (χ1n) is 6.98. The maximum atomic E-state index is 5.42. The molecule has 1 N–H and O–H groups in total. The lowest BCUT2D eigenvalue weighted by atomic mass is 10.1. The van der Waals surface area contributed by atoms with Gasteiger partial charge in [0.1, 0.15) is 0 Å². The van der Waals surface area contributed by atoms with Crippen LogP contribution in [0.5, 0.6) is 0 Å². The van der Waals surface area contributed by atoms with E-state index in [1.165, 1.54) is 5.69 Å². The molecule has 106 valence electrons. The van der Waals surface area contributed by atoms with Crippen LogP contribution in [-0.2, 0) is 20.0 Å². The summed E-state index contributed by atoms with van der Waals surface area (Å²) in [6.07, 6.45) is 0.971. The first-order valence-corrected chi connectivity index (χ1v) is 6.98. The molecule has 3 aromatic rings. The largest absolute Gasteiger partial charge is 0.332 e. The van der Waals surface area contributed by atoms with E-state index in [1.807, 2.05) is 42.1 Å². The summed E-state index contributed by atoms with van der Waals surface area (Å²) in [5.74, 6) is 1.07. The Morgan fingerprint density at radius 1 is 1.24 bits per heavy atom. The zero-order chi connectivity index (χ0) is 14.2. The van der Waals surface area contributed by atoms with Crippen LogP contribution in [0.3, 0.4) is 0 Å². The molecule has 6 heteroatoms. The molecule has 3 heterocycles. The highest BCUT2D eigenvalue weighted by Crippen LogP contribution is 2.27. The summed E-state index contributed by atoms with van der Waals surface area (Å²) in [5.41, 5.74) is 4.13. The predicted molar refractivity (Wildman–Crippen MR) is 77.3 cm³/mol. The van der Waals surface area contributed by atoms with Gasteiger partial charge in [0.05, 0.1) is 0 Å². The third kappa shape index (κ3) is 2.04. The molecule has 2 aromatic heterocycles. The van der Waals surface area contributed by atoms with Crippen molar-refractivity contribution in [3.05, 3.63) is 41.6 Å². The highest BCUT2D eigenvalue weighted by Gasteiger charge is 2.24. The molecule has 6 nitrogen and oxygen atoms in total. The van der Waals surface area contributed by atoms with Crippen molar-refractivity contribution >= 4 is 0 Å². The van der Waals surface area contributed by atoms with Gasteiger partial charge in [-0.05, 0) is 0 Å². The van der Waals surface area contributed by atoms with Gasteiger partial charge in [-0.2, -0.15) is 10.1 Å². The van der Waals surface area contributed by atoms with Crippen molar-refractivity contribution in [2.75, 3.05) is 6.54 Å². The lowest BCUT2D eigenvalue weighted by molar-refractivity contribution is 0.430. The SMILES string of the molecule is Cn1nc(-c2nc(-c3ccccc3)no2)c2c1CCNC2. The molecule has 0 fully saturated rings. The van der Waals surface area contributed by atoms with E-state index < -0.39 is 0 Å². The van der Waals surface area contributed by atoms with E-state index in [9.17, 15) is 0 Å². The summed E-state index contributed by atoms with van der Waals surface area (Å²) in [7, 11) is 1.96. The molecule has 4 rings (SSSR count). The van der Waals surface area contributed by atoms with Crippen LogP contribution in [0.15, 0.2) is 34.9 Å². The highest BCUT2D eigenvalue weighted by atomic mass is 16.5. The Morgan fingerprint density at radius 3 is 2.95 bits per heavy atom. The van der Waals surface area contributed by atoms with Gasteiger partial charge in [0.2, 0.25) is 5.82 Å². The molecule has 0 saturated carbocycles. The van der Waals surface area contributed by atoms with E-state index in [0.717, 1.165) is 36.3 Å². The molecule has 21 heavy (non-hydrogen) atoms. The van der Waals surface area contributed by atoms with Crippen LogP contribution in [0.2, 0.25) is 0 Å². The van der Waals surface area contributed by atoms with Gasteiger partial charge in [-0.3, -0.25) is 4.68 Å². The van der Waals surface area contributed by atoms with Crippen molar-refractivity contribution < 1.29 is 4.52 Å². The first-order chi connectivity index (χ1) is 10.3. The van der Waals surface area contributed by atoms with Crippen molar-refractivity contribution in [2.24, 2.45) is 7.05 Å². The average molecular weight is 281 g/mol. The molecule has 0 atom stereocenters. The molecule has 0 amide bonds. The molecule has 1 aliphatic heterocycles. The Hall–Kier alpha value is -2.47. The third-order valence-electron chi connectivity index (χ3n) is 3.78. The van der Waals surface area contributed by atoms with Crippen LogP contribution >= 0.6 is 0 Å². The second kappa shape index (κ2) is 4.82. The number of aromatic nitrogens is 4. The van der Waals surface area contributed by atoms with Gasteiger partial charge in [0, 0.05) is 43.4 Å². The predicted octanol–water partition coefficient (Wildman–Crippen LogP) is 1.78. The third-order valence-corrected chi connectivity index (χ3v) is 3.78. The Kier molecular flexibility index (Phi) is 2.82. The number of benzene rings is 1. The van der Waals surface area contributed by atoms with Gasteiger partial charge >= 0.3 is 0 Å². The molecule has 0 unspecified atom stereocenters. The minimum absolute atomic E-state index is 0.481. The molecule has 0 aliphatic carbocycles. The minimum atomic E-state index is 0.481. The van der Waals surface area contributed by atoms with Crippen molar-refractivity contribution in [1.29, 1.82) is 0 Å². The van der Waals surface area contributed by atoms with Gasteiger partial charge in [0.25, 0.3) is 5.89 Å². The number of aryl methyl sites for hydroxylation is 1. The van der Waals surface area contributed by atoms with Crippen molar-refractivity contribution in [1.82, 2.24) is 25.2 Å². The quantitative estimate of drug-likeness (QED) is 0.775. The van der Waals surface area contributed by atoms with Gasteiger partial charge in [0.15, 0.2) is 5.69 Å². The molecule has 0 bridgehead atoms. The average Bonchev–Trinajstić information content (AvgIpc) is 3.14. The van der Waals surface area contributed by atoms with Crippen molar-refractivity contribution in [3.8, 4) is 23.0 Å². The van der Waals surface area contributed by atoms with E-state index in [4.69, 9.17) is 4.52 Å². The summed E-state index contributed by atoms with van der Waals surface area (Å²) in [4.78, 5) is 4.49. The molecule has 0 saturated heterocycles. The monoisotopic (exact) mass is 281 g/mol. The molecule has 0 spiro atoms. The van der Waals surface area contributed by atoms with E-state index >= 15 is 0 Å². The Labute approximate surface area is 121 Å². The normalized spacial score (nSPS) is 14.1. The topological polar surface area (TPSA) is 68.8 Å². The summed E-state index contributed by atoms with van der Waals surface area (Å²) in [6.45, 7) is 1.77. The van der Waals surface area contributed by atoms with E-state index in [-0.39, 0.29) is 0 Å². The molecular weight excluding hydrogens is 266 g/mol. The first kappa shape index (κ1) is 12.3. The number of hydrogen-bond donors (Lipinski definition) is 1. The van der Waals surface area contributed by atoms with Gasteiger partial charge in [-0.15, -0.1) is 0 Å². The minimum Gasteiger partial charge on any atom is -0.332 e. The van der Waals surface area contributed by atoms with Crippen molar-refractivity contribution in [2.45, 2.75) is 13.0 Å². The van der Waals surface area contributed by atoms with E-state index in [0.29, 0.717) is 11.7 Å². The van der Waals surface area contributed by atoms with E-state index in [1.54, 1.807) is 0 Å². The summed E-state index contributed by atoms with van der Waals surface area (Å²) in [5, 5.41) is 12.0. The number of nitrogens with one attached hydrogen (secondary N) is 1. The fraction of sp³-hybridized carbons (Fsp3) is 0.267.